The maximum Gasteiger partial charge on any atom is 0.220 e. The van der Waals surface area contributed by atoms with Gasteiger partial charge in [0.2, 0.25) is 5.91 Å². The van der Waals surface area contributed by atoms with E-state index in [-0.39, 0.29) is 23.7 Å². The van der Waals surface area contributed by atoms with Gasteiger partial charge in [-0.3, -0.25) is 9.59 Å². The molecule has 0 heterocycles. The van der Waals surface area contributed by atoms with Crippen LogP contribution in [0.3, 0.4) is 0 Å². The van der Waals surface area contributed by atoms with Crippen LogP contribution in [0.25, 0.3) is 10.4 Å². The van der Waals surface area contributed by atoms with Gasteiger partial charge in [-0.25, -0.2) is 0 Å². The average molecular weight is 505 g/mol. The molecule has 0 aromatic rings. The van der Waals surface area contributed by atoms with Crippen LogP contribution in [-0.2, 0) is 9.59 Å². The Morgan fingerprint density at radius 1 is 0.778 bits per heavy atom. The zero-order valence-corrected chi connectivity index (χ0v) is 23.5. The summed E-state index contributed by atoms with van der Waals surface area (Å²) in [5, 5.41) is 6.72. The minimum atomic E-state index is -0.385. The van der Waals surface area contributed by atoms with Crippen molar-refractivity contribution in [2.45, 2.75) is 167 Å². The van der Waals surface area contributed by atoms with Gasteiger partial charge in [-0.15, -0.1) is 0 Å². The summed E-state index contributed by atoms with van der Waals surface area (Å²) in [5.41, 5.74) is 8.49. The minimum absolute atomic E-state index is 0.0270. The molecule has 6 nitrogen and oxygen atoms in total. The van der Waals surface area contributed by atoms with Crippen LogP contribution < -0.4 is 5.32 Å². The third-order valence-corrected chi connectivity index (χ3v) is 7.76. The van der Waals surface area contributed by atoms with Crippen molar-refractivity contribution in [3.05, 3.63) is 10.4 Å². The molecular weight excluding hydrogens is 448 g/mol. The second-order valence-corrected chi connectivity index (χ2v) is 11.0. The van der Waals surface area contributed by atoms with Gasteiger partial charge in [0, 0.05) is 23.8 Å². The number of hydrogen-bond acceptors (Lipinski definition) is 3. The van der Waals surface area contributed by atoms with Gasteiger partial charge >= 0.3 is 0 Å². The lowest BCUT2D eigenvalue weighted by molar-refractivity contribution is -0.130. The Kier molecular flexibility index (Phi) is 21.5. The molecule has 1 N–H and O–H groups in total. The Morgan fingerprint density at radius 3 is 1.86 bits per heavy atom. The third kappa shape index (κ3) is 17.8. The van der Waals surface area contributed by atoms with Crippen LogP contribution in [0.4, 0.5) is 0 Å². The van der Waals surface area contributed by atoms with Crippen LogP contribution in [-0.4, -0.2) is 24.3 Å². The molecule has 36 heavy (non-hydrogen) atoms. The molecule has 1 saturated carbocycles. The van der Waals surface area contributed by atoms with Gasteiger partial charge in [0.05, 0.1) is 6.04 Å². The van der Waals surface area contributed by atoms with E-state index in [0.717, 1.165) is 51.4 Å². The number of unbranched alkanes of at least 4 members (excludes halogenated alkanes) is 11. The van der Waals surface area contributed by atoms with E-state index in [9.17, 15) is 9.59 Å². The summed E-state index contributed by atoms with van der Waals surface area (Å²) in [6.07, 6.45) is 27.1. The van der Waals surface area contributed by atoms with E-state index < -0.39 is 0 Å². The molecule has 1 atom stereocenters. The molecule has 1 unspecified atom stereocenters. The molecule has 0 aliphatic heterocycles. The van der Waals surface area contributed by atoms with Gasteiger partial charge in [0.25, 0.3) is 0 Å². The van der Waals surface area contributed by atoms with Crippen molar-refractivity contribution in [1.82, 2.24) is 5.32 Å². The molecule has 1 amide bonds. The van der Waals surface area contributed by atoms with Crippen LogP contribution in [0.15, 0.2) is 5.11 Å². The number of carbonyl (C=O) groups excluding carboxylic acids is 2. The lowest BCUT2D eigenvalue weighted by atomic mass is 9.85. The largest absolute Gasteiger partial charge is 0.346 e. The predicted molar refractivity (Wildman–Crippen MR) is 151 cm³/mol. The van der Waals surface area contributed by atoms with Gasteiger partial charge in [0.1, 0.15) is 0 Å². The number of carbonyl (C=O) groups is 2. The van der Waals surface area contributed by atoms with Crippen molar-refractivity contribution in [3.8, 4) is 0 Å². The van der Waals surface area contributed by atoms with E-state index in [0.29, 0.717) is 19.4 Å². The SMILES string of the molecule is CCCCCCCCCCCCCC(=O)NC(CCCCN=[N+]=[N-])C(=O)C1CCCCCCCCC1. The molecule has 0 saturated heterocycles. The second-order valence-electron chi connectivity index (χ2n) is 11.0. The Balaban J connectivity index is 2.39. The zero-order chi connectivity index (χ0) is 26.1. The standard InChI is InChI=1S/C30H56N4O2/c1-2-3-4-5-6-7-8-9-13-16-19-25-29(35)33-28(24-20-21-26-32-34-31)30(36)27-22-17-14-11-10-12-15-18-23-27/h27-28H,2-26H2,1H3,(H,33,35). The highest BCUT2D eigenvalue weighted by Gasteiger charge is 2.27. The van der Waals surface area contributed by atoms with Gasteiger partial charge in [-0.2, -0.15) is 0 Å². The van der Waals surface area contributed by atoms with E-state index in [1.807, 2.05) is 0 Å². The number of hydrogen-bond donors (Lipinski definition) is 1. The van der Waals surface area contributed by atoms with Crippen LogP contribution in [0.2, 0.25) is 0 Å². The molecule has 0 radical (unpaired) electrons. The Labute approximate surface area is 221 Å². The summed E-state index contributed by atoms with van der Waals surface area (Å²) < 4.78 is 0. The smallest absolute Gasteiger partial charge is 0.220 e. The van der Waals surface area contributed by atoms with Gasteiger partial charge in [-0.1, -0.05) is 128 Å². The first-order valence-corrected chi connectivity index (χ1v) is 15.5. The number of nitrogens with zero attached hydrogens (tertiary/aromatic N) is 3. The van der Waals surface area contributed by atoms with Crippen LogP contribution in [0, 0.1) is 5.92 Å². The van der Waals surface area contributed by atoms with Crippen molar-refractivity contribution in [2.75, 3.05) is 6.54 Å². The lowest BCUT2D eigenvalue weighted by Crippen LogP contribution is -2.43. The second kappa shape index (κ2) is 23.8. The third-order valence-electron chi connectivity index (χ3n) is 7.76. The summed E-state index contributed by atoms with van der Waals surface area (Å²) in [6, 6.07) is -0.385. The highest BCUT2D eigenvalue weighted by molar-refractivity contribution is 5.90. The van der Waals surface area contributed by atoms with Crippen LogP contribution >= 0.6 is 0 Å². The molecule has 1 rings (SSSR count). The number of azide groups is 1. The molecular formula is C30H56N4O2. The van der Waals surface area contributed by atoms with Gasteiger partial charge in [0.15, 0.2) is 5.78 Å². The van der Waals surface area contributed by atoms with Crippen molar-refractivity contribution in [1.29, 1.82) is 0 Å². The number of Topliss-reactive ketones (excluding diaryl/α,β-unsaturated/α-hetero) is 1. The van der Waals surface area contributed by atoms with Crippen molar-refractivity contribution >= 4 is 11.7 Å². The minimum Gasteiger partial charge on any atom is -0.346 e. The topological polar surface area (TPSA) is 94.9 Å². The van der Waals surface area contributed by atoms with E-state index in [1.165, 1.54) is 89.9 Å². The van der Waals surface area contributed by atoms with Crippen molar-refractivity contribution in [2.24, 2.45) is 11.0 Å². The summed E-state index contributed by atoms with van der Waals surface area (Å²) in [4.78, 5) is 29.0. The molecule has 1 aliphatic carbocycles. The Bertz CT molecular complexity index is 594. The van der Waals surface area contributed by atoms with Gasteiger partial charge < -0.3 is 5.32 Å². The summed E-state index contributed by atoms with van der Waals surface area (Å²) in [5.74, 6) is 0.346. The Morgan fingerprint density at radius 2 is 1.31 bits per heavy atom. The molecule has 1 aliphatic rings. The van der Waals surface area contributed by atoms with Crippen LogP contribution in [0.5, 0.6) is 0 Å². The van der Waals surface area contributed by atoms with Crippen molar-refractivity contribution in [3.63, 3.8) is 0 Å². The molecule has 0 bridgehead atoms. The molecule has 0 spiro atoms. The molecule has 0 aromatic heterocycles. The summed E-state index contributed by atoms with van der Waals surface area (Å²) in [6.45, 7) is 2.71. The highest BCUT2D eigenvalue weighted by Crippen LogP contribution is 2.24. The fraction of sp³-hybridized carbons (Fsp3) is 0.933. The monoisotopic (exact) mass is 504 g/mol. The summed E-state index contributed by atoms with van der Waals surface area (Å²) >= 11 is 0. The fourth-order valence-corrected chi connectivity index (χ4v) is 5.46. The number of amides is 1. The number of ketones is 1. The molecule has 0 aromatic carbocycles. The first-order chi connectivity index (χ1) is 17.7. The van der Waals surface area contributed by atoms with E-state index in [4.69, 9.17) is 5.53 Å². The molecule has 6 heteroatoms. The lowest BCUT2D eigenvalue weighted by Gasteiger charge is -2.24. The first-order valence-electron chi connectivity index (χ1n) is 15.5. The Hall–Kier alpha value is -1.55. The van der Waals surface area contributed by atoms with E-state index >= 15 is 0 Å². The summed E-state index contributed by atoms with van der Waals surface area (Å²) in [7, 11) is 0. The number of rotatable bonds is 20. The molecule has 208 valence electrons. The van der Waals surface area contributed by atoms with Crippen LogP contribution in [0.1, 0.15) is 161 Å². The fourth-order valence-electron chi connectivity index (χ4n) is 5.46. The van der Waals surface area contributed by atoms with Crippen molar-refractivity contribution < 1.29 is 9.59 Å². The highest BCUT2D eigenvalue weighted by atomic mass is 16.2. The maximum absolute atomic E-state index is 13.5. The van der Waals surface area contributed by atoms with E-state index in [1.54, 1.807) is 0 Å². The number of nitrogens with one attached hydrogen (secondary N) is 1. The average Bonchev–Trinajstić information content (AvgIpc) is 2.89. The van der Waals surface area contributed by atoms with E-state index in [2.05, 4.69) is 22.3 Å². The quantitative estimate of drug-likeness (QED) is 0.0773. The maximum atomic E-state index is 13.5. The zero-order valence-electron chi connectivity index (χ0n) is 23.5. The predicted octanol–water partition coefficient (Wildman–Crippen LogP) is 9.36. The normalized spacial score (nSPS) is 16.1. The van der Waals surface area contributed by atoms with Gasteiger partial charge in [-0.05, 0) is 37.6 Å². The molecule has 1 fully saturated rings. The first kappa shape index (κ1) is 32.5.